The molecule has 0 radical (unpaired) electrons. The molecular weight excluding hydrogens is 426 g/mol. The summed E-state index contributed by atoms with van der Waals surface area (Å²) in [6.07, 6.45) is -0.458. The molecule has 3 atom stereocenters. The molecule has 30 heavy (non-hydrogen) atoms. The second-order valence-corrected chi connectivity index (χ2v) is 10.2. The fourth-order valence-electron chi connectivity index (χ4n) is 4.48. The van der Waals surface area contributed by atoms with Gasteiger partial charge in [-0.05, 0) is 53.9 Å². The molecule has 0 saturated heterocycles. The molecule has 1 amide bonds. The van der Waals surface area contributed by atoms with E-state index in [-0.39, 0.29) is 19.8 Å². The topological polar surface area (TPSA) is 88.0 Å². The van der Waals surface area contributed by atoms with Crippen molar-refractivity contribution in [2.75, 3.05) is 13.2 Å². The summed E-state index contributed by atoms with van der Waals surface area (Å²) in [5.41, 5.74) is 3.76. The molecule has 6 nitrogen and oxygen atoms in total. The van der Waals surface area contributed by atoms with Crippen LogP contribution in [-0.2, 0) is 13.0 Å². The molecule has 3 N–H and O–H groups in total. The number of benzene rings is 1. The average Bonchev–Trinajstić information content (AvgIpc) is 3.02. The number of carbonyl (C=O) groups is 1. The Kier molecular flexibility index (Phi) is 5.74. The Hall–Kier alpha value is -1.80. The van der Waals surface area contributed by atoms with Crippen LogP contribution in [0.15, 0.2) is 18.2 Å². The number of aliphatic hydroxyl groups excluding tert-OH is 2. The quantitative estimate of drug-likeness (QED) is 0.591. The zero-order chi connectivity index (χ0) is 21.6. The van der Waals surface area contributed by atoms with Crippen molar-refractivity contribution >= 4 is 29.0 Å². The highest BCUT2D eigenvalue weighted by molar-refractivity contribution is 7.14. The molecule has 2 aliphatic rings. The maximum Gasteiger partial charge on any atom is 0.413 e. The summed E-state index contributed by atoms with van der Waals surface area (Å²) in [4.78, 5) is 13.6. The second kappa shape index (κ2) is 8.04. The van der Waals surface area contributed by atoms with Gasteiger partial charge in [-0.2, -0.15) is 0 Å². The Labute approximate surface area is 184 Å². The number of aryl methyl sites for hydroxylation is 1. The monoisotopic (exact) mass is 451 g/mol. The van der Waals surface area contributed by atoms with E-state index < -0.39 is 12.2 Å². The van der Waals surface area contributed by atoms with Crippen LogP contribution in [0.3, 0.4) is 0 Å². The Bertz CT molecular complexity index is 973. The van der Waals surface area contributed by atoms with Gasteiger partial charge in [-0.3, -0.25) is 0 Å². The van der Waals surface area contributed by atoms with Crippen LogP contribution in [0.25, 0.3) is 0 Å². The smallest absolute Gasteiger partial charge is 0.413 e. The molecule has 162 valence electrons. The first kappa shape index (κ1) is 21.4. The zero-order valence-electron chi connectivity index (χ0n) is 17.2. The number of hydrogen-bond donors (Lipinski definition) is 3. The normalized spacial score (nSPS) is 21.5. The lowest BCUT2D eigenvalue weighted by Gasteiger charge is -2.12. The first-order chi connectivity index (χ1) is 14.2. The first-order valence-corrected chi connectivity index (χ1v) is 11.2. The zero-order valence-corrected chi connectivity index (χ0v) is 18.8. The first-order valence-electron chi connectivity index (χ1n) is 10.00. The molecule has 8 heteroatoms. The summed E-state index contributed by atoms with van der Waals surface area (Å²) in [6.45, 7) is 6.56. The molecule has 1 heterocycles. The van der Waals surface area contributed by atoms with Gasteiger partial charge in [0.05, 0.1) is 11.6 Å². The lowest BCUT2D eigenvalue weighted by atomic mass is 9.96. The van der Waals surface area contributed by atoms with E-state index in [1.165, 1.54) is 16.0 Å². The number of amides is 1. The van der Waals surface area contributed by atoms with Gasteiger partial charge in [0.15, 0.2) is 5.06 Å². The minimum atomic E-state index is -0.962. The number of halogens is 1. The van der Waals surface area contributed by atoms with Gasteiger partial charge < -0.3 is 25.0 Å². The summed E-state index contributed by atoms with van der Waals surface area (Å²) in [7, 11) is 0. The molecule has 1 aromatic carbocycles. The van der Waals surface area contributed by atoms with Gasteiger partial charge in [0.2, 0.25) is 0 Å². The lowest BCUT2D eigenvalue weighted by Crippen LogP contribution is -2.26. The van der Waals surface area contributed by atoms with Crippen molar-refractivity contribution in [3.63, 3.8) is 0 Å². The summed E-state index contributed by atoms with van der Waals surface area (Å²) in [6, 6.07) is 5.12. The number of fused-ring (bicyclic) bond motifs is 3. The number of aliphatic hydroxyl groups is 2. The Balaban J connectivity index is 1.33. The van der Waals surface area contributed by atoms with Gasteiger partial charge >= 0.3 is 6.09 Å². The number of carbonyl (C=O) groups excluding carboxylic acids is 1. The van der Waals surface area contributed by atoms with E-state index in [9.17, 15) is 9.90 Å². The fraction of sp³-hybridized carbons (Fsp3) is 0.500. The molecule has 1 aromatic heterocycles. The van der Waals surface area contributed by atoms with Crippen LogP contribution in [0.5, 0.6) is 10.8 Å². The van der Waals surface area contributed by atoms with Crippen LogP contribution >= 0.6 is 22.9 Å². The van der Waals surface area contributed by atoms with Crippen LogP contribution in [0.2, 0.25) is 5.02 Å². The van der Waals surface area contributed by atoms with Crippen LogP contribution in [0, 0.1) is 18.3 Å². The third-order valence-corrected chi connectivity index (χ3v) is 7.58. The van der Waals surface area contributed by atoms with E-state index in [2.05, 4.69) is 26.1 Å². The largest absolute Gasteiger partial charge is 0.489 e. The highest BCUT2D eigenvalue weighted by atomic mass is 35.5. The molecule has 1 fully saturated rings. The van der Waals surface area contributed by atoms with Gasteiger partial charge in [0.25, 0.3) is 0 Å². The summed E-state index contributed by atoms with van der Waals surface area (Å²) in [5, 5.41) is 22.0. The Morgan fingerprint density at radius 2 is 2.20 bits per heavy atom. The maximum atomic E-state index is 12.3. The minimum absolute atomic E-state index is 0.0520. The van der Waals surface area contributed by atoms with Crippen molar-refractivity contribution < 1.29 is 24.5 Å². The predicted molar refractivity (Wildman–Crippen MR) is 116 cm³/mol. The van der Waals surface area contributed by atoms with Gasteiger partial charge in [0, 0.05) is 17.0 Å². The van der Waals surface area contributed by atoms with Crippen molar-refractivity contribution in [1.29, 1.82) is 0 Å². The van der Waals surface area contributed by atoms with Gasteiger partial charge in [-0.1, -0.05) is 31.5 Å². The molecule has 2 aliphatic carbocycles. The summed E-state index contributed by atoms with van der Waals surface area (Å²) in [5.74, 6) is 1.67. The molecule has 0 unspecified atom stereocenters. The van der Waals surface area contributed by atoms with E-state index in [0.29, 0.717) is 33.1 Å². The van der Waals surface area contributed by atoms with Gasteiger partial charge in [-0.15, -0.1) is 11.3 Å². The fourth-order valence-corrected chi connectivity index (χ4v) is 5.81. The van der Waals surface area contributed by atoms with Gasteiger partial charge in [-0.25, -0.2) is 4.79 Å². The van der Waals surface area contributed by atoms with Crippen LogP contribution in [0.1, 0.15) is 41.3 Å². The van der Waals surface area contributed by atoms with E-state index >= 15 is 0 Å². The van der Waals surface area contributed by atoms with Crippen molar-refractivity contribution in [2.24, 2.45) is 11.3 Å². The molecule has 2 aromatic rings. The molecule has 0 aliphatic heterocycles. The van der Waals surface area contributed by atoms with Crippen molar-refractivity contribution in [2.45, 2.75) is 45.8 Å². The number of ether oxygens (including phenoxy) is 2. The van der Waals surface area contributed by atoms with E-state index in [0.717, 1.165) is 12.0 Å². The molecule has 1 saturated carbocycles. The molecule has 0 bridgehead atoms. The third kappa shape index (κ3) is 3.91. The highest BCUT2D eigenvalue weighted by Crippen LogP contribution is 2.72. The molecule has 4 rings (SSSR count). The third-order valence-electron chi connectivity index (χ3n) is 6.24. The number of rotatable bonds is 7. The lowest BCUT2D eigenvalue weighted by molar-refractivity contribution is 0.0536. The van der Waals surface area contributed by atoms with E-state index in [1.54, 1.807) is 29.5 Å². The standard InChI is InChI=1S/C22H26ClNO5S/c1-11-18-14(7-15-19(18)22(15,2)3)20(30-11)29-21(27)24-8-12-4-5-17(16(23)6-12)28-10-13(26)9-25/h4-6,13,15,19,25-26H,7-10H2,1-3H3,(H,24,27)/t13-,15-,19-/m1/s1. The van der Waals surface area contributed by atoms with Gasteiger partial charge in [0.1, 0.15) is 18.5 Å². The predicted octanol–water partition coefficient (Wildman–Crippen LogP) is 4.03. The number of nitrogens with one attached hydrogen (secondary N) is 1. The minimum Gasteiger partial charge on any atom is -0.489 e. The van der Waals surface area contributed by atoms with E-state index in [1.807, 2.05) is 0 Å². The number of hydrogen-bond acceptors (Lipinski definition) is 6. The highest BCUT2D eigenvalue weighted by Gasteiger charge is 2.63. The molecular formula is C22H26ClNO5S. The van der Waals surface area contributed by atoms with Crippen molar-refractivity contribution in [3.8, 4) is 10.8 Å². The van der Waals surface area contributed by atoms with Crippen LogP contribution in [-0.4, -0.2) is 35.6 Å². The van der Waals surface area contributed by atoms with Crippen molar-refractivity contribution in [1.82, 2.24) is 5.32 Å². The van der Waals surface area contributed by atoms with E-state index in [4.69, 9.17) is 26.2 Å². The maximum absolute atomic E-state index is 12.3. The second-order valence-electron chi connectivity index (χ2n) is 8.60. The summed E-state index contributed by atoms with van der Waals surface area (Å²) >= 11 is 7.75. The Morgan fingerprint density at radius 3 is 2.90 bits per heavy atom. The van der Waals surface area contributed by atoms with Crippen LogP contribution < -0.4 is 14.8 Å². The number of thiophene rings is 1. The van der Waals surface area contributed by atoms with Crippen molar-refractivity contribution in [3.05, 3.63) is 44.8 Å². The molecule has 0 spiro atoms. The SMILES string of the molecule is Cc1sc(OC(=O)NCc2ccc(OC[C@H](O)CO)c(Cl)c2)c2c1[C@H]1[C@@H](C2)C1(C)C. The van der Waals surface area contributed by atoms with Crippen LogP contribution in [0.4, 0.5) is 4.79 Å². The Morgan fingerprint density at radius 1 is 1.43 bits per heavy atom. The summed E-state index contributed by atoms with van der Waals surface area (Å²) < 4.78 is 11.0. The average molecular weight is 452 g/mol.